The van der Waals surface area contributed by atoms with E-state index in [2.05, 4.69) is 25.1 Å². The van der Waals surface area contributed by atoms with Gasteiger partial charge < -0.3 is 0 Å². The van der Waals surface area contributed by atoms with Gasteiger partial charge in [0, 0.05) is 5.92 Å². The number of benzene rings is 1. The quantitative estimate of drug-likeness (QED) is 0.525. The van der Waals surface area contributed by atoms with Crippen LogP contribution in [0.2, 0.25) is 0 Å². The second-order valence-corrected chi connectivity index (χ2v) is 3.64. The molecule has 0 aliphatic carbocycles. The maximum Gasteiger partial charge on any atom is 0.145 e. The number of carbonyl (C=O) groups is 1. The number of hydrogen-bond donors (Lipinski definition) is 0. The summed E-state index contributed by atoms with van der Waals surface area (Å²) in [6, 6.07) is 10.3. The van der Waals surface area contributed by atoms with Crippen LogP contribution >= 0.6 is 0 Å². The van der Waals surface area contributed by atoms with Gasteiger partial charge in [-0.15, -0.1) is 0 Å². The van der Waals surface area contributed by atoms with Gasteiger partial charge in [0.2, 0.25) is 0 Å². The van der Waals surface area contributed by atoms with Gasteiger partial charge in [-0.2, -0.15) is 0 Å². The first kappa shape index (κ1) is 11.7. The molecule has 0 spiro atoms. The predicted molar refractivity (Wildman–Crippen MR) is 63.9 cm³/mol. The molecule has 0 fully saturated rings. The molecule has 80 valence electrons. The van der Waals surface area contributed by atoms with Crippen molar-refractivity contribution in [3.8, 4) is 0 Å². The van der Waals surface area contributed by atoms with E-state index in [1.54, 1.807) is 0 Å². The Morgan fingerprint density at radius 1 is 1.27 bits per heavy atom. The molecule has 0 amide bonds. The highest BCUT2D eigenvalue weighted by Crippen LogP contribution is 2.22. The fraction of sp³-hybridized carbons (Fsp3) is 0.357. The molecule has 1 nitrogen and oxygen atoms in total. The van der Waals surface area contributed by atoms with Gasteiger partial charge in [0.25, 0.3) is 0 Å². The van der Waals surface area contributed by atoms with Crippen molar-refractivity contribution < 1.29 is 4.79 Å². The zero-order valence-electron chi connectivity index (χ0n) is 9.44. The lowest BCUT2D eigenvalue weighted by molar-refractivity contribution is -0.105. The van der Waals surface area contributed by atoms with Gasteiger partial charge >= 0.3 is 0 Å². The average molecular weight is 202 g/mol. The van der Waals surface area contributed by atoms with Crippen LogP contribution in [-0.4, -0.2) is 6.29 Å². The maximum atomic E-state index is 10.8. The molecule has 0 unspecified atom stereocenters. The Bertz CT molecular complexity index is 324. The molecular weight excluding hydrogens is 184 g/mol. The van der Waals surface area contributed by atoms with Crippen LogP contribution in [-0.2, 0) is 4.79 Å². The standard InChI is InChI=1S/C14H18O/c1-3-12(11-15)10-13(4-2)14-8-6-5-7-9-14/h5-11,13H,3-4H2,1-2H3/b12-10+/t13-/m0/s1. The highest BCUT2D eigenvalue weighted by atomic mass is 16.1. The van der Waals surface area contributed by atoms with Gasteiger partial charge in [-0.05, 0) is 24.0 Å². The van der Waals surface area contributed by atoms with Crippen LogP contribution in [0.15, 0.2) is 42.0 Å². The Morgan fingerprint density at radius 2 is 1.93 bits per heavy atom. The van der Waals surface area contributed by atoms with Crippen molar-refractivity contribution in [1.82, 2.24) is 0 Å². The van der Waals surface area contributed by atoms with Crippen molar-refractivity contribution in [3.05, 3.63) is 47.5 Å². The summed E-state index contributed by atoms with van der Waals surface area (Å²) in [6.45, 7) is 4.16. The summed E-state index contributed by atoms with van der Waals surface area (Å²) in [6.07, 6.45) is 4.89. The normalized spacial score (nSPS) is 13.6. The zero-order chi connectivity index (χ0) is 11.1. The highest BCUT2D eigenvalue weighted by Gasteiger charge is 2.06. The highest BCUT2D eigenvalue weighted by molar-refractivity contribution is 5.73. The third-order valence-corrected chi connectivity index (χ3v) is 2.64. The molecule has 0 saturated carbocycles. The topological polar surface area (TPSA) is 17.1 Å². The molecular formula is C14H18O. The average Bonchev–Trinajstić information content (AvgIpc) is 2.32. The van der Waals surface area contributed by atoms with Crippen molar-refractivity contribution in [2.24, 2.45) is 0 Å². The van der Waals surface area contributed by atoms with E-state index in [0.717, 1.165) is 24.7 Å². The maximum absolute atomic E-state index is 10.8. The molecule has 0 radical (unpaired) electrons. The Hall–Kier alpha value is -1.37. The third kappa shape index (κ3) is 3.35. The van der Waals surface area contributed by atoms with Crippen LogP contribution in [0.25, 0.3) is 0 Å². The fourth-order valence-electron chi connectivity index (χ4n) is 1.65. The summed E-state index contributed by atoms with van der Waals surface area (Å²) >= 11 is 0. The van der Waals surface area contributed by atoms with E-state index in [-0.39, 0.29) is 0 Å². The Balaban J connectivity index is 2.90. The first-order chi connectivity index (χ1) is 7.31. The Morgan fingerprint density at radius 3 is 2.40 bits per heavy atom. The van der Waals surface area contributed by atoms with Crippen LogP contribution in [0.1, 0.15) is 38.2 Å². The Kier molecular flexibility index (Phi) is 4.82. The van der Waals surface area contributed by atoms with Crippen LogP contribution < -0.4 is 0 Å². The summed E-state index contributed by atoms with van der Waals surface area (Å²) in [5, 5.41) is 0. The molecule has 1 heteroatoms. The summed E-state index contributed by atoms with van der Waals surface area (Å²) in [5.41, 5.74) is 2.18. The van der Waals surface area contributed by atoms with Crippen LogP contribution in [0.5, 0.6) is 0 Å². The monoisotopic (exact) mass is 202 g/mol. The molecule has 0 bridgehead atoms. The number of rotatable bonds is 5. The molecule has 0 aromatic heterocycles. The molecule has 1 aromatic carbocycles. The SMILES string of the molecule is CC/C(C=O)=C\[C@H](CC)c1ccccc1. The lowest BCUT2D eigenvalue weighted by Gasteiger charge is -2.11. The van der Waals surface area contributed by atoms with E-state index >= 15 is 0 Å². The molecule has 1 aromatic rings. The number of hydrogen-bond acceptors (Lipinski definition) is 1. The van der Waals surface area contributed by atoms with Gasteiger partial charge in [0.1, 0.15) is 6.29 Å². The van der Waals surface area contributed by atoms with Crippen molar-refractivity contribution in [1.29, 1.82) is 0 Å². The van der Waals surface area contributed by atoms with Crippen molar-refractivity contribution in [2.75, 3.05) is 0 Å². The molecule has 0 N–H and O–H groups in total. The van der Waals surface area contributed by atoms with Crippen molar-refractivity contribution in [3.63, 3.8) is 0 Å². The molecule has 1 atom stereocenters. The predicted octanol–water partition coefficient (Wildman–Crippen LogP) is 3.72. The van der Waals surface area contributed by atoms with E-state index in [1.165, 1.54) is 5.56 Å². The van der Waals surface area contributed by atoms with Crippen LogP contribution in [0.4, 0.5) is 0 Å². The fourth-order valence-corrected chi connectivity index (χ4v) is 1.65. The van der Waals surface area contributed by atoms with Crippen LogP contribution in [0.3, 0.4) is 0 Å². The lowest BCUT2D eigenvalue weighted by Crippen LogP contribution is -1.95. The minimum absolute atomic E-state index is 0.367. The number of aldehydes is 1. The smallest absolute Gasteiger partial charge is 0.145 e. The molecule has 15 heavy (non-hydrogen) atoms. The van der Waals surface area contributed by atoms with E-state index in [9.17, 15) is 4.79 Å². The molecule has 0 saturated heterocycles. The Labute approximate surface area is 91.8 Å². The van der Waals surface area contributed by atoms with E-state index < -0.39 is 0 Å². The summed E-state index contributed by atoms with van der Waals surface area (Å²) in [5.74, 6) is 0.367. The summed E-state index contributed by atoms with van der Waals surface area (Å²) in [4.78, 5) is 10.8. The van der Waals surface area contributed by atoms with Gasteiger partial charge in [0.15, 0.2) is 0 Å². The third-order valence-electron chi connectivity index (χ3n) is 2.64. The second-order valence-electron chi connectivity index (χ2n) is 3.64. The van der Waals surface area contributed by atoms with E-state index in [1.807, 2.05) is 25.1 Å². The molecule has 0 aliphatic heterocycles. The number of carbonyl (C=O) groups excluding carboxylic acids is 1. The summed E-state index contributed by atoms with van der Waals surface area (Å²) < 4.78 is 0. The van der Waals surface area contributed by atoms with Gasteiger partial charge in [0.05, 0.1) is 0 Å². The summed E-state index contributed by atoms with van der Waals surface area (Å²) in [7, 11) is 0. The lowest BCUT2D eigenvalue weighted by atomic mass is 9.94. The van der Waals surface area contributed by atoms with Crippen molar-refractivity contribution >= 4 is 6.29 Å². The molecule has 1 rings (SSSR count). The first-order valence-corrected chi connectivity index (χ1v) is 5.52. The minimum Gasteiger partial charge on any atom is -0.298 e. The van der Waals surface area contributed by atoms with E-state index in [0.29, 0.717) is 5.92 Å². The molecule has 0 aliphatic rings. The van der Waals surface area contributed by atoms with Gasteiger partial charge in [-0.25, -0.2) is 0 Å². The molecule has 0 heterocycles. The largest absolute Gasteiger partial charge is 0.298 e. The number of allylic oxidation sites excluding steroid dienone is 2. The van der Waals surface area contributed by atoms with Gasteiger partial charge in [-0.3, -0.25) is 4.79 Å². The van der Waals surface area contributed by atoms with E-state index in [4.69, 9.17) is 0 Å². The van der Waals surface area contributed by atoms with Crippen LogP contribution in [0, 0.1) is 0 Å². The first-order valence-electron chi connectivity index (χ1n) is 5.52. The minimum atomic E-state index is 0.367. The second kappa shape index (κ2) is 6.18. The van der Waals surface area contributed by atoms with Crippen molar-refractivity contribution in [2.45, 2.75) is 32.6 Å². The zero-order valence-corrected chi connectivity index (χ0v) is 9.44. The van der Waals surface area contributed by atoms with Gasteiger partial charge in [-0.1, -0.05) is 50.3 Å².